The first kappa shape index (κ1) is 16.5. The summed E-state index contributed by atoms with van der Waals surface area (Å²) in [7, 11) is 0. The van der Waals surface area contributed by atoms with Crippen LogP contribution in [0, 0.1) is 0 Å². The largest absolute Gasteiger partial charge is 0.374 e. The molecule has 3 heteroatoms. The van der Waals surface area contributed by atoms with Crippen LogP contribution in [0.3, 0.4) is 0 Å². The molecule has 1 aromatic carbocycles. The van der Waals surface area contributed by atoms with E-state index in [2.05, 4.69) is 61.3 Å². The summed E-state index contributed by atoms with van der Waals surface area (Å²) in [5, 5.41) is 3.69. The number of nitrogens with one attached hydrogen (secondary N) is 1. The van der Waals surface area contributed by atoms with Crippen LogP contribution in [0.15, 0.2) is 30.3 Å². The Morgan fingerprint density at radius 1 is 1.29 bits per heavy atom. The second-order valence-corrected chi connectivity index (χ2v) is 6.64. The Bertz CT molecular complexity index is 405. The molecule has 0 bridgehead atoms. The second-order valence-electron chi connectivity index (χ2n) is 6.64. The molecule has 1 N–H and O–H groups in total. The molecule has 1 saturated heterocycles. The van der Waals surface area contributed by atoms with Gasteiger partial charge in [0.25, 0.3) is 0 Å². The van der Waals surface area contributed by atoms with E-state index in [1.807, 2.05) is 0 Å². The molecule has 1 fully saturated rings. The Morgan fingerprint density at radius 2 is 2.05 bits per heavy atom. The van der Waals surface area contributed by atoms with Crippen molar-refractivity contribution in [2.75, 3.05) is 32.8 Å². The number of hydrogen-bond acceptors (Lipinski definition) is 3. The summed E-state index contributed by atoms with van der Waals surface area (Å²) in [6.45, 7) is 11.9. The fourth-order valence-corrected chi connectivity index (χ4v) is 2.77. The number of hydrogen-bond donors (Lipinski definition) is 1. The summed E-state index contributed by atoms with van der Waals surface area (Å²) < 4.78 is 5.86. The molecule has 1 aliphatic rings. The van der Waals surface area contributed by atoms with Crippen molar-refractivity contribution >= 4 is 0 Å². The van der Waals surface area contributed by atoms with E-state index < -0.39 is 0 Å². The van der Waals surface area contributed by atoms with Gasteiger partial charge in [0, 0.05) is 25.2 Å². The van der Waals surface area contributed by atoms with Gasteiger partial charge in [-0.05, 0) is 38.8 Å². The summed E-state index contributed by atoms with van der Waals surface area (Å²) in [6.07, 6.45) is 2.59. The highest BCUT2D eigenvalue weighted by Crippen LogP contribution is 2.14. The predicted octanol–water partition coefficient (Wildman–Crippen LogP) is 2.71. The van der Waals surface area contributed by atoms with Crippen molar-refractivity contribution in [2.45, 2.75) is 45.3 Å². The van der Waals surface area contributed by atoms with Crippen molar-refractivity contribution in [2.24, 2.45) is 0 Å². The number of aryl methyl sites for hydroxylation is 1. The molecule has 2 rings (SSSR count). The van der Waals surface area contributed by atoms with Gasteiger partial charge in [0.2, 0.25) is 0 Å². The standard InChI is InChI=1S/C18H30N2O/c1-4-20-12-13-21-17(15-20)14-19-18(2,3)11-10-16-8-6-5-7-9-16/h5-9,17,19H,4,10-15H2,1-3H3. The van der Waals surface area contributed by atoms with E-state index in [0.29, 0.717) is 6.10 Å². The Balaban J connectivity index is 1.73. The average Bonchev–Trinajstić information content (AvgIpc) is 2.52. The van der Waals surface area contributed by atoms with Gasteiger partial charge < -0.3 is 10.1 Å². The van der Waals surface area contributed by atoms with Gasteiger partial charge in [-0.1, -0.05) is 37.3 Å². The molecule has 0 amide bonds. The molecule has 1 heterocycles. The van der Waals surface area contributed by atoms with Gasteiger partial charge in [-0.3, -0.25) is 4.90 Å². The molecule has 3 nitrogen and oxygen atoms in total. The van der Waals surface area contributed by atoms with Crippen LogP contribution in [-0.2, 0) is 11.2 Å². The molecule has 118 valence electrons. The Labute approximate surface area is 129 Å². The van der Waals surface area contributed by atoms with Gasteiger partial charge in [-0.2, -0.15) is 0 Å². The molecule has 21 heavy (non-hydrogen) atoms. The van der Waals surface area contributed by atoms with Gasteiger partial charge in [-0.15, -0.1) is 0 Å². The lowest BCUT2D eigenvalue weighted by Gasteiger charge is -2.35. The third-order valence-corrected chi connectivity index (χ3v) is 4.36. The highest BCUT2D eigenvalue weighted by molar-refractivity contribution is 5.15. The smallest absolute Gasteiger partial charge is 0.0826 e. The molecule has 0 aromatic heterocycles. The van der Waals surface area contributed by atoms with Gasteiger partial charge in [0.15, 0.2) is 0 Å². The first-order chi connectivity index (χ1) is 10.1. The van der Waals surface area contributed by atoms with Gasteiger partial charge in [0.1, 0.15) is 0 Å². The first-order valence-corrected chi connectivity index (χ1v) is 8.22. The zero-order valence-electron chi connectivity index (χ0n) is 13.8. The topological polar surface area (TPSA) is 24.5 Å². The average molecular weight is 290 g/mol. The third-order valence-electron chi connectivity index (χ3n) is 4.36. The van der Waals surface area contributed by atoms with Crippen molar-refractivity contribution in [3.05, 3.63) is 35.9 Å². The predicted molar refractivity (Wildman–Crippen MR) is 88.7 cm³/mol. The summed E-state index contributed by atoms with van der Waals surface area (Å²) in [6, 6.07) is 10.7. The normalized spacial score (nSPS) is 20.6. The maximum Gasteiger partial charge on any atom is 0.0826 e. The van der Waals surface area contributed by atoms with Crippen molar-refractivity contribution in [1.29, 1.82) is 0 Å². The number of likely N-dealkylation sites (N-methyl/N-ethyl adjacent to an activating group) is 1. The summed E-state index contributed by atoms with van der Waals surface area (Å²) >= 11 is 0. The molecule has 1 aliphatic heterocycles. The first-order valence-electron chi connectivity index (χ1n) is 8.22. The number of rotatable bonds is 7. The minimum Gasteiger partial charge on any atom is -0.374 e. The Morgan fingerprint density at radius 3 is 2.76 bits per heavy atom. The highest BCUT2D eigenvalue weighted by Gasteiger charge is 2.23. The maximum absolute atomic E-state index is 5.86. The van der Waals surface area contributed by atoms with Crippen molar-refractivity contribution < 1.29 is 4.74 Å². The van der Waals surface area contributed by atoms with E-state index in [1.54, 1.807) is 0 Å². The fourth-order valence-electron chi connectivity index (χ4n) is 2.77. The van der Waals surface area contributed by atoms with Gasteiger partial charge >= 0.3 is 0 Å². The van der Waals surface area contributed by atoms with E-state index in [4.69, 9.17) is 4.74 Å². The summed E-state index contributed by atoms with van der Waals surface area (Å²) in [4.78, 5) is 2.47. The van der Waals surface area contributed by atoms with Crippen LogP contribution in [0.1, 0.15) is 32.8 Å². The minimum absolute atomic E-state index is 0.147. The zero-order chi connectivity index (χ0) is 15.1. The SMILES string of the molecule is CCN1CCOC(CNC(C)(C)CCc2ccccc2)C1. The molecule has 1 atom stereocenters. The van der Waals surface area contributed by atoms with E-state index in [9.17, 15) is 0 Å². The summed E-state index contributed by atoms with van der Waals surface area (Å²) in [5.41, 5.74) is 1.56. The highest BCUT2D eigenvalue weighted by atomic mass is 16.5. The van der Waals surface area contributed by atoms with Gasteiger partial charge in [-0.25, -0.2) is 0 Å². The van der Waals surface area contributed by atoms with Crippen LogP contribution < -0.4 is 5.32 Å². The van der Waals surface area contributed by atoms with Crippen LogP contribution in [0.5, 0.6) is 0 Å². The van der Waals surface area contributed by atoms with E-state index in [0.717, 1.165) is 45.6 Å². The van der Waals surface area contributed by atoms with Crippen molar-refractivity contribution in [1.82, 2.24) is 10.2 Å². The van der Waals surface area contributed by atoms with Gasteiger partial charge in [0.05, 0.1) is 12.7 Å². The monoisotopic (exact) mass is 290 g/mol. The molecule has 0 aliphatic carbocycles. The second kappa shape index (κ2) is 7.92. The molecule has 0 radical (unpaired) electrons. The molecular formula is C18H30N2O. The number of nitrogens with zero attached hydrogens (tertiary/aromatic N) is 1. The lowest BCUT2D eigenvalue weighted by Crippen LogP contribution is -2.50. The maximum atomic E-state index is 5.86. The quantitative estimate of drug-likeness (QED) is 0.835. The van der Waals surface area contributed by atoms with Crippen molar-refractivity contribution in [3.8, 4) is 0 Å². The van der Waals surface area contributed by atoms with E-state index in [1.165, 1.54) is 5.56 Å². The molecule has 0 saturated carbocycles. The fraction of sp³-hybridized carbons (Fsp3) is 0.667. The van der Waals surface area contributed by atoms with E-state index in [-0.39, 0.29) is 5.54 Å². The van der Waals surface area contributed by atoms with E-state index >= 15 is 0 Å². The Kier molecular flexibility index (Phi) is 6.22. The summed E-state index contributed by atoms with van der Waals surface area (Å²) in [5.74, 6) is 0. The van der Waals surface area contributed by atoms with Crippen molar-refractivity contribution in [3.63, 3.8) is 0 Å². The zero-order valence-corrected chi connectivity index (χ0v) is 13.8. The van der Waals surface area contributed by atoms with Crippen LogP contribution in [0.4, 0.5) is 0 Å². The number of morpholine rings is 1. The number of ether oxygens (including phenoxy) is 1. The molecule has 1 unspecified atom stereocenters. The van der Waals surface area contributed by atoms with Crippen LogP contribution >= 0.6 is 0 Å². The molecule has 0 spiro atoms. The molecular weight excluding hydrogens is 260 g/mol. The minimum atomic E-state index is 0.147. The van der Waals surface area contributed by atoms with Crippen LogP contribution in [-0.4, -0.2) is 49.3 Å². The lowest BCUT2D eigenvalue weighted by atomic mass is 9.95. The van der Waals surface area contributed by atoms with Crippen LogP contribution in [0.25, 0.3) is 0 Å². The number of benzene rings is 1. The Hall–Kier alpha value is -0.900. The molecule has 1 aromatic rings. The van der Waals surface area contributed by atoms with Crippen LogP contribution in [0.2, 0.25) is 0 Å². The lowest BCUT2D eigenvalue weighted by molar-refractivity contribution is -0.0281. The third kappa shape index (κ3) is 5.77.